The van der Waals surface area contributed by atoms with Gasteiger partial charge in [0.25, 0.3) is 5.91 Å². The van der Waals surface area contributed by atoms with Crippen molar-refractivity contribution in [3.05, 3.63) is 27.3 Å². The molecule has 0 aliphatic carbocycles. The predicted octanol–water partition coefficient (Wildman–Crippen LogP) is 1.82. The maximum Gasteiger partial charge on any atom is 0.255 e. The van der Waals surface area contributed by atoms with Crippen LogP contribution in [0, 0.1) is 3.57 Å². The van der Waals surface area contributed by atoms with Gasteiger partial charge < -0.3 is 15.3 Å². The van der Waals surface area contributed by atoms with Crippen LogP contribution in [-0.4, -0.2) is 42.1 Å². The number of nitrogens with zero attached hydrogens (tertiary/aromatic N) is 1. The van der Waals surface area contributed by atoms with Crippen LogP contribution < -0.4 is 5.32 Å². The number of piperidine rings is 1. The summed E-state index contributed by atoms with van der Waals surface area (Å²) >= 11 is 2.13. The zero-order chi connectivity index (χ0) is 13.1. The number of carbonyl (C=O) groups excluding carboxylic acids is 1. The topological polar surface area (TPSA) is 52.6 Å². The van der Waals surface area contributed by atoms with E-state index in [0.29, 0.717) is 5.56 Å². The molecule has 4 nitrogen and oxygen atoms in total. The highest BCUT2D eigenvalue weighted by Crippen LogP contribution is 2.20. The lowest BCUT2D eigenvalue weighted by Gasteiger charge is -2.29. The molecule has 0 spiro atoms. The summed E-state index contributed by atoms with van der Waals surface area (Å²) in [6, 6.07) is 5.26. The molecule has 1 saturated heterocycles. The Labute approximate surface area is 121 Å². The number of hydrogen-bond donors (Lipinski definition) is 2. The number of rotatable bonds is 2. The molecule has 0 unspecified atom stereocenters. The second-order valence-electron chi connectivity index (χ2n) is 4.71. The number of hydrogen-bond acceptors (Lipinski definition) is 3. The maximum atomic E-state index is 12.1. The number of aromatic hydroxyl groups is 1. The smallest absolute Gasteiger partial charge is 0.255 e. The lowest BCUT2D eigenvalue weighted by molar-refractivity contribution is 0.0914. The van der Waals surface area contributed by atoms with Crippen molar-refractivity contribution < 1.29 is 9.90 Å². The van der Waals surface area contributed by atoms with Crippen LogP contribution in [0.3, 0.4) is 0 Å². The minimum Gasteiger partial charge on any atom is -0.507 e. The van der Waals surface area contributed by atoms with Gasteiger partial charge in [-0.25, -0.2) is 0 Å². The van der Waals surface area contributed by atoms with Crippen LogP contribution in [0.2, 0.25) is 0 Å². The first-order valence-electron chi connectivity index (χ1n) is 6.04. The molecule has 5 heteroatoms. The third-order valence-electron chi connectivity index (χ3n) is 3.26. The summed E-state index contributed by atoms with van der Waals surface area (Å²) < 4.78 is 0.943. The highest BCUT2D eigenvalue weighted by Gasteiger charge is 2.20. The van der Waals surface area contributed by atoms with Gasteiger partial charge in [-0.3, -0.25) is 4.79 Å². The van der Waals surface area contributed by atoms with E-state index in [0.717, 1.165) is 29.5 Å². The monoisotopic (exact) mass is 360 g/mol. The Morgan fingerprint density at radius 2 is 2.11 bits per heavy atom. The van der Waals surface area contributed by atoms with Crippen LogP contribution in [0.1, 0.15) is 23.2 Å². The SMILES string of the molecule is CN1CCC(NC(=O)c2cc(I)ccc2O)CC1. The molecular weight excluding hydrogens is 343 g/mol. The number of halogens is 1. The number of likely N-dealkylation sites (tertiary alicyclic amines) is 1. The standard InChI is InChI=1S/C13H17IN2O2/c1-16-6-4-10(5-7-16)15-13(18)11-8-9(14)2-3-12(11)17/h2-3,8,10,17H,4-7H2,1H3,(H,15,18). The van der Waals surface area contributed by atoms with Crippen molar-refractivity contribution in [3.63, 3.8) is 0 Å². The zero-order valence-corrected chi connectivity index (χ0v) is 12.5. The van der Waals surface area contributed by atoms with Crippen molar-refractivity contribution in [2.24, 2.45) is 0 Å². The van der Waals surface area contributed by atoms with Crippen molar-refractivity contribution in [2.75, 3.05) is 20.1 Å². The normalized spacial score (nSPS) is 17.7. The van der Waals surface area contributed by atoms with Crippen LogP contribution in [0.15, 0.2) is 18.2 Å². The van der Waals surface area contributed by atoms with E-state index in [9.17, 15) is 9.90 Å². The van der Waals surface area contributed by atoms with Gasteiger partial charge in [-0.1, -0.05) is 0 Å². The summed E-state index contributed by atoms with van der Waals surface area (Å²) in [5.74, 6) is -0.138. The van der Waals surface area contributed by atoms with E-state index in [1.54, 1.807) is 18.2 Å². The molecular formula is C13H17IN2O2. The average molecular weight is 360 g/mol. The van der Waals surface area contributed by atoms with Gasteiger partial charge >= 0.3 is 0 Å². The van der Waals surface area contributed by atoms with E-state index in [4.69, 9.17) is 0 Å². The lowest BCUT2D eigenvalue weighted by atomic mass is 10.0. The summed E-state index contributed by atoms with van der Waals surface area (Å²) in [4.78, 5) is 14.3. The number of phenols is 1. The number of amides is 1. The molecule has 1 aromatic rings. The molecule has 18 heavy (non-hydrogen) atoms. The van der Waals surface area contributed by atoms with E-state index in [-0.39, 0.29) is 17.7 Å². The van der Waals surface area contributed by atoms with Crippen molar-refractivity contribution in [1.29, 1.82) is 0 Å². The molecule has 2 N–H and O–H groups in total. The Hall–Kier alpha value is -0.820. The van der Waals surface area contributed by atoms with E-state index < -0.39 is 0 Å². The zero-order valence-electron chi connectivity index (χ0n) is 10.3. The Morgan fingerprint density at radius 1 is 1.44 bits per heavy atom. The first-order chi connectivity index (χ1) is 8.56. The Balaban J connectivity index is 2.01. The highest BCUT2D eigenvalue weighted by atomic mass is 127. The molecule has 2 rings (SSSR count). The van der Waals surface area contributed by atoms with E-state index in [2.05, 4.69) is 39.9 Å². The molecule has 0 saturated carbocycles. The molecule has 0 aromatic heterocycles. The fraction of sp³-hybridized carbons (Fsp3) is 0.462. The van der Waals surface area contributed by atoms with Gasteiger partial charge in [0.2, 0.25) is 0 Å². The van der Waals surface area contributed by atoms with Gasteiger partial charge in [-0.2, -0.15) is 0 Å². The van der Waals surface area contributed by atoms with Crippen LogP contribution in [0.5, 0.6) is 5.75 Å². The molecule has 1 amide bonds. The molecule has 1 fully saturated rings. The van der Waals surface area contributed by atoms with Gasteiger partial charge in [0.05, 0.1) is 5.56 Å². The van der Waals surface area contributed by atoms with Crippen molar-refractivity contribution in [1.82, 2.24) is 10.2 Å². The third-order valence-corrected chi connectivity index (χ3v) is 3.93. The minimum atomic E-state index is -0.180. The van der Waals surface area contributed by atoms with Gasteiger partial charge in [0.15, 0.2) is 0 Å². The van der Waals surface area contributed by atoms with Crippen molar-refractivity contribution in [3.8, 4) is 5.75 Å². The number of nitrogens with one attached hydrogen (secondary N) is 1. The maximum absolute atomic E-state index is 12.1. The summed E-state index contributed by atoms with van der Waals surface area (Å²) in [7, 11) is 2.09. The molecule has 0 radical (unpaired) electrons. The first kappa shape index (κ1) is 13.6. The number of benzene rings is 1. The number of carbonyl (C=O) groups is 1. The fourth-order valence-corrected chi connectivity index (χ4v) is 2.60. The largest absolute Gasteiger partial charge is 0.507 e. The minimum absolute atomic E-state index is 0.0424. The number of phenolic OH excluding ortho intramolecular Hbond substituents is 1. The molecule has 1 aliphatic rings. The van der Waals surface area contributed by atoms with Gasteiger partial charge in [-0.05, 0) is 73.8 Å². The quantitative estimate of drug-likeness (QED) is 0.792. The van der Waals surface area contributed by atoms with E-state index in [1.807, 2.05) is 0 Å². The summed E-state index contributed by atoms with van der Waals surface area (Å²) in [5.41, 5.74) is 0.362. The summed E-state index contributed by atoms with van der Waals surface area (Å²) in [6.07, 6.45) is 1.93. The van der Waals surface area contributed by atoms with Crippen LogP contribution in [0.25, 0.3) is 0 Å². The Morgan fingerprint density at radius 3 is 2.78 bits per heavy atom. The first-order valence-corrected chi connectivity index (χ1v) is 7.12. The van der Waals surface area contributed by atoms with Crippen molar-refractivity contribution >= 4 is 28.5 Å². The predicted molar refractivity (Wildman–Crippen MR) is 78.8 cm³/mol. The van der Waals surface area contributed by atoms with Crippen LogP contribution >= 0.6 is 22.6 Å². The van der Waals surface area contributed by atoms with E-state index >= 15 is 0 Å². The van der Waals surface area contributed by atoms with Crippen molar-refractivity contribution in [2.45, 2.75) is 18.9 Å². The van der Waals surface area contributed by atoms with Gasteiger partial charge in [0, 0.05) is 9.61 Å². The van der Waals surface area contributed by atoms with E-state index in [1.165, 1.54) is 0 Å². The molecule has 1 aliphatic heterocycles. The summed E-state index contributed by atoms with van der Waals surface area (Å²) in [5, 5.41) is 12.7. The second-order valence-corrected chi connectivity index (χ2v) is 5.96. The molecule has 1 heterocycles. The van der Waals surface area contributed by atoms with Crippen LogP contribution in [0.4, 0.5) is 0 Å². The van der Waals surface area contributed by atoms with Gasteiger partial charge in [-0.15, -0.1) is 0 Å². The lowest BCUT2D eigenvalue weighted by Crippen LogP contribution is -2.43. The summed E-state index contributed by atoms with van der Waals surface area (Å²) in [6.45, 7) is 2.01. The molecule has 1 aromatic carbocycles. The Bertz CT molecular complexity index is 443. The fourth-order valence-electron chi connectivity index (χ4n) is 2.11. The molecule has 98 valence electrons. The average Bonchev–Trinajstić information content (AvgIpc) is 2.35. The third kappa shape index (κ3) is 3.35. The molecule has 0 atom stereocenters. The molecule has 0 bridgehead atoms. The Kier molecular flexibility index (Phi) is 4.45. The highest BCUT2D eigenvalue weighted by molar-refractivity contribution is 14.1. The second kappa shape index (κ2) is 5.88. The van der Waals surface area contributed by atoms with Crippen LogP contribution in [-0.2, 0) is 0 Å². The van der Waals surface area contributed by atoms with Gasteiger partial charge in [0.1, 0.15) is 5.75 Å².